The van der Waals surface area contributed by atoms with Gasteiger partial charge >= 0.3 is 5.97 Å². The second-order valence-corrected chi connectivity index (χ2v) is 17.0. The van der Waals surface area contributed by atoms with Gasteiger partial charge in [-0.2, -0.15) is 0 Å². The molecule has 3 aliphatic carbocycles. The third-order valence-corrected chi connectivity index (χ3v) is 14.3. The molecule has 10 rings (SSSR count). The van der Waals surface area contributed by atoms with E-state index in [1.165, 1.54) is 6.08 Å². The first-order valence-electron chi connectivity index (χ1n) is 20.1. The number of hydrogen-bond donors (Lipinski definition) is 8. The van der Waals surface area contributed by atoms with Crippen LogP contribution in [0.4, 0.5) is 0 Å². The van der Waals surface area contributed by atoms with Crippen LogP contribution in [0.1, 0.15) is 43.4 Å². The van der Waals surface area contributed by atoms with Crippen LogP contribution in [0.5, 0.6) is 11.5 Å². The molecule has 0 spiro atoms. The highest BCUT2D eigenvalue weighted by atomic mass is 16.7. The molecule has 8 N–H and O–H groups in total. The minimum absolute atomic E-state index is 0.0813. The second-order valence-electron chi connectivity index (χ2n) is 17.0. The van der Waals surface area contributed by atoms with Gasteiger partial charge < -0.3 is 55.2 Å². The monoisotopic (exact) mass is 776 g/mol. The number of aromatic hydroxyl groups is 1. The minimum atomic E-state index is -2.64. The largest absolute Gasteiger partial charge is 0.508 e. The van der Waals surface area contributed by atoms with Gasteiger partial charge in [0.25, 0.3) is 0 Å². The van der Waals surface area contributed by atoms with Crippen LogP contribution in [0, 0.1) is 23.7 Å². The topological polar surface area (TPSA) is 194 Å². The van der Waals surface area contributed by atoms with Crippen LogP contribution in [-0.4, -0.2) is 97.1 Å². The smallest absolute Gasteiger partial charge is 0.343 e. The number of H-pyrrole nitrogens is 1. The van der Waals surface area contributed by atoms with Crippen molar-refractivity contribution >= 4 is 38.4 Å². The summed E-state index contributed by atoms with van der Waals surface area (Å²) < 4.78 is 19.4. The molecule has 4 aromatic carbocycles. The zero-order valence-electron chi connectivity index (χ0n) is 31.5. The highest BCUT2D eigenvalue weighted by Gasteiger charge is 2.78. The molecule has 12 nitrogen and oxygen atoms in total. The molecule has 2 saturated heterocycles. The Hall–Kier alpha value is -4.37. The van der Waals surface area contributed by atoms with Crippen LogP contribution in [0.15, 0.2) is 84.9 Å². The lowest BCUT2D eigenvalue weighted by molar-refractivity contribution is -0.341. The van der Waals surface area contributed by atoms with Crippen LogP contribution in [-0.2, 0) is 26.3 Å². The van der Waals surface area contributed by atoms with E-state index in [-0.39, 0.29) is 23.1 Å². The number of ether oxygens (including phenoxy) is 3. The summed E-state index contributed by atoms with van der Waals surface area (Å²) in [6.07, 6.45) is 0.399. The van der Waals surface area contributed by atoms with E-state index in [4.69, 9.17) is 14.2 Å². The number of aliphatic hydroxyl groups is 5. The summed E-state index contributed by atoms with van der Waals surface area (Å²) in [4.78, 5) is 17.9. The summed E-state index contributed by atoms with van der Waals surface area (Å²) >= 11 is 0. The maximum Gasteiger partial charge on any atom is 0.343 e. The quantitative estimate of drug-likeness (QED) is 0.0676. The summed E-state index contributed by atoms with van der Waals surface area (Å²) in [5.74, 6) is -5.44. The molecule has 2 aliphatic heterocycles. The molecule has 5 aromatic rings. The van der Waals surface area contributed by atoms with Gasteiger partial charge in [0.2, 0.25) is 5.79 Å². The van der Waals surface area contributed by atoms with Gasteiger partial charge in [-0.05, 0) is 95.6 Å². The van der Waals surface area contributed by atoms with Crippen LogP contribution in [0.3, 0.4) is 0 Å². The van der Waals surface area contributed by atoms with E-state index in [1.54, 1.807) is 18.2 Å². The summed E-state index contributed by atoms with van der Waals surface area (Å²) in [6.45, 7) is 0.0122. The van der Waals surface area contributed by atoms with Crippen LogP contribution in [0.2, 0.25) is 0 Å². The number of aliphatic hydroxyl groups excluding tert-OH is 3. The minimum Gasteiger partial charge on any atom is -0.508 e. The number of carbonyl (C=O) groups is 1. The molecule has 11 unspecified atom stereocenters. The lowest BCUT2D eigenvalue weighted by atomic mass is 9.51. The number of esters is 1. The SMILES string of the molecule is CNCC1CC2C(OC3C(C(=O)Oc4c(CO)[nH]c5ccc6cc7ccccc7cc6c45)OC4(O)C(O)C=CC2C34O)C(C2(c3ccc(O)cc3)CCCC2)C1O. The number of carbonyl (C=O) groups excluding carboxylic acids is 1. The maximum atomic E-state index is 14.7. The molecule has 3 heterocycles. The first-order chi connectivity index (χ1) is 27.5. The molecule has 5 aliphatic rings. The van der Waals surface area contributed by atoms with E-state index < -0.39 is 77.7 Å². The fourth-order valence-electron chi connectivity index (χ4n) is 11.8. The van der Waals surface area contributed by atoms with Crippen molar-refractivity contribution in [3.05, 3.63) is 96.2 Å². The fraction of sp³-hybridized carbons (Fsp3) is 0.444. The first-order valence-corrected chi connectivity index (χ1v) is 20.1. The first kappa shape index (κ1) is 36.9. The molecule has 0 bridgehead atoms. The Kier molecular flexibility index (Phi) is 8.64. The Balaban J connectivity index is 1.08. The number of benzene rings is 4. The predicted molar refractivity (Wildman–Crippen MR) is 210 cm³/mol. The van der Waals surface area contributed by atoms with Crippen molar-refractivity contribution in [1.29, 1.82) is 0 Å². The van der Waals surface area contributed by atoms with Crippen LogP contribution < -0.4 is 10.1 Å². The molecule has 57 heavy (non-hydrogen) atoms. The van der Waals surface area contributed by atoms with Gasteiger partial charge in [0.15, 0.2) is 17.5 Å². The molecule has 11 atom stereocenters. The Bertz CT molecular complexity index is 2410. The van der Waals surface area contributed by atoms with Crippen molar-refractivity contribution in [2.24, 2.45) is 23.7 Å². The Morgan fingerprint density at radius 1 is 0.965 bits per heavy atom. The zero-order valence-corrected chi connectivity index (χ0v) is 31.5. The highest BCUT2D eigenvalue weighted by molar-refractivity contribution is 6.14. The number of hydrogen-bond acceptors (Lipinski definition) is 11. The molecule has 298 valence electrons. The average Bonchev–Trinajstić information content (AvgIpc) is 3.90. The summed E-state index contributed by atoms with van der Waals surface area (Å²) in [7, 11) is 1.83. The van der Waals surface area contributed by atoms with Crippen molar-refractivity contribution < 1.29 is 49.6 Å². The predicted octanol–water partition coefficient (Wildman–Crippen LogP) is 4.06. The van der Waals surface area contributed by atoms with E-state index in [9.17, 15) is 35.4 Å². The molecular formula is C45H48N2O10. The number of fused-ring (bicyclic) bond motifs is 6. The van der Waals surface area contributed by atoms with E-state index >= 15 is 0 Å². The summed E-state index contributed by atoms with van der Waals surface area (Å²) in [5.41, 5.74) is -0.997. The highest BCUT2D eigenvalue weighted by Crippen LogP contribution is 2.63. The van der Waals surface area contributed by atoms with E-state index in [0.29, 0.717) is 23.9 Å². The van der Waals surface area contributed by atoms with Gasteiger partial charge in [0, 0.05) is 23.8 Å². The normalized spacial score (nSPS) is 35.4. The van der Waals surface area contributed by atoms with E-state index in [0.717, 1.165) is 52.8 Å². The summed E-state index contributed by atoms with van der Waals surface area (Å²) in [5, 5.41) is 77.1. The van der Waals surface area contributed by atoms with Crippen LogP contribution >= 0.6 is 0 Å². The van der Waals surface area contributed by atoms with Gasteiger partial charge in [-0.15, -0.1) is 0 Å². The second kappa shape index (κ2) is 13.3. The molecular weight excluding hydrogens is 728 g/mol. The molecule has 1 aromatic heterocycles. The third-order valence-electron chi connectivity index (χ3n) is 14.3. The number of phenols is 1. The third kappa shape index (κ3) is 5.18. The molecule has 4 fully saturated rings. The van der Waals surface area contributed by atoms with Gasteiger partial charge in [-0.3, -0.25) is 0 Å². The van der Waals surface area contributed by atoms with E-state index in [2.05, 4.69) is 10.3 Å². The van der Waals surface area contributed by atoms with E-state index in [1.807, 2.05) is 67.7 Å². The number of aromatic nitrogens is 1. The summed E-state index contributed by atoms with van der Waals surface area (Å²) in [6, 6.07) is 22.9. The maximum absolute atomic E-state index is 14.7. The van der Waals surface area contributed by atoms with Crippen molar-refractivity contribution in [2.75, 3.05) is 13.6 Å². The van der Waals surface area contributed by atoms with Gasteiger partial charge in [0.05, 0.1) is 35.4 Å². The fourth-order valence-corrected chi connectivity index (χ4v) is 11.8. The van der Waals surface area contributed by atoms with Gasteiger partial charge in [-0.25, -0.2) is 4.79 Å². The van der Waals surface area contributed by atoms with Gasteiger partial charge in [-0.1, -0.05) is 67.5 Å². The van der Waals surface area contributed by atoms with Crippen molar-refractivity contribution in [3.63, 3.8) is 0 Å². The number of nitrogens with one attached hydrogen (secondary N) is 2. The zero-order chi connectivity index (χ0) is 39.4. The number of rotatable bonds is 7. The average molecular weight is 777 g/mol. The molecule has 12 heteroatoms. The molecule has 0 amide bonds. The lowest BCUT2D eigenvalue weighted by Crippen LogP contribution is -2.75. The van der Waals surface area contributed by atoms with Crippen molar-refractivity contribution in [3.8, 4) is 11.5 Å². The number of aromatic amines is 1. The Labute approximate surface area is 328 Å². The standard InChI is InChI=1S/C45H48N2O10/c1-46-21-26-20-30-31-13-15-34(50)45(54)44(31,53)41(55-38(30)36(37(26)51)43(16-4-5-17-43)27-9-11-28(49)12-10-27)40(57-45)42(52)56-39-33(22-48)47-32-14-8-25-18-23-6-2-3-7-24(23)19-29(25)35(32)39/h2-3,6-15,18-19,26,30-31,34,36-38,40-41,46-51,53-54H,4-5,16-17,20-22H2,1H3. The molecule has 0 radical (unpaired) electrons. The van der Waals surface area contributed by atoms with Crippen LogP contribution in [0.25, 0.3) is 32.4 Å². The van der Waals surface area contributed by atoms with Crippen molar-refractivity contribution in [2.45, 2.75) is 86.0 Å². The lowest BCUT2D eigenvalue weighted by Gasteiger charge is -2.61. The van der Waals surface area contributed by atoms with Crippen molar-refractivity contribution in [1.82, 2.24) is 10.3 Å². The van der Waals surface area contributed by atoms with Gasteiger partial charge in [0.1, 0.15) is 18.0 Å². The Morgan fingerprint density at radius 3 is 2.42 bits per heavy atom. The molecule has 2 saturated carbocycles. The Morgan fingerprint density at radius 2 is 1.70 bits per heavy atom. The number of phenolic OH excluding ortho intramolecular Hbond substituents is 1.